The largest absolute Gasteiger partial charge is 0.513 e. The molecule has 1 aromatic carbocycles. The van der Waals surface area contributed by atoms with Crippen molar-refractivity contribution < 1.29 is 28.9 Å². The van der Waals surface area contributed by atoms with Crippen LogP contribution in [-0.2, 0) is 31.2 Å². The van der Waals surface area contributed by atoms with E-state index in [2.05, 4.69) is 52.0 Å². The minimum atomic E-state index is -1.09. The highest BCUT2D eigenvalue weighted by Gasteiger charge is 2.47. The number of amides is 2. The number of esters is 1. The summed E-state index contributed by atoms with van der Waals surface area (Å²) < 4.78 is 17.9. The lowest BCUT2D eigenvalue weighted by Gasteiger charge is -2.38. The topological polar surface area (TPSA) is 161 Å². The zero-order chi connectivity index (χ0) is 33.8. The first-order valence-electron chi connectivity index (χ1n) is 15.9. The molecule has 0 aliphatic carbocycles. The summed E-state index contributed by atoms with van der Waals surface area (Å²) in [6.07, 6.45) is 5.62. The average molecular weight is 674 g/mol. The van der Waals surface area contributed by atoms with Gasteiger partial charge in [-0.2, -0.15) is 0 Å². The molecule has 0 spiro atoms. The first kappa shape index (κ1) is 33.4. The average Bonchev–Trinajstić information content (AvgIpc) is 3.43. The Labute approximate surface area is 282 Å². The van der Waals surface area contributed by atoms with Crippen molar-refractivity contribution in [3.63, 3.8) is 0 Å². The van der Waals surface area contributed by atoms with Crippen molar-refractivity contribution >= 4 is 38.7 Å². The first-order chi connectivity index (χ1) is 23.1. The molecule has 3 aromatic heterocycles. The van der Waals surface area contributed by atoms with Crippen molar-refractivity contribution in [1.82, 2.24) is 30.2 Å². The number of hydrogen-bond donors (Lipinski definition) is 3. The van der Waals surface area contributed by atoms with Crippen molar-refractivity contribution in [3.8, 4) is 22.4 Å². The van der Waals surface area contributed by atoms with E-state index in [0.717, 1.165) is 52.3 Å². The van der Waals surface area contributed by atoms with Crippen molar-refractivity contribution in [3.05, 3.63) is 66.6 Å². The number of carbonyl (C=O) groups is 2. The van der Waals surface area contributed by atoms with Crippen molar-refractivity contribution in [1.29, 1.82) is 0 Å². The third kappa shape index (κ3) is 7.62. The fourth-order valence-corrected chi connectivity index (χ4v) is 6.85. The van der Waals surface area contributed by atoms with Gasteiger partial charge >= 0.3 is 12.0 Å². The van der Waals surface area contributed by atoms with Crippen LogP contribution in [0.3, 0.4) is 0 Å². The molecule has 2 aliphatic heterocycles. The fourth-order valence-electron chi connectivity index (χ4n) is 5.89. The molecular formula is C34H39N7O6S. The number of nitrogens with one attached hydrogen (secondary N) is 2. The number of pyridine rings is 1. The lowest BCUT2D eigenvalue weighted by molar-refractivity contribution is -0.221. The molecule has 5 heterocycles. The van der Waals surface area contributed by atoms with Gasteiger partial charge < -0.3 is 24.6 Å². The van der Waals surface area contributed by atoms with Gasteiger partial charge in [-0.25, -0.2) is 19.7 Å². The van der Waals surface area contributed by atoms with Gasteiger partial charge in [-0.05, 0) is 56.2 Å². The van der Waals surface area contributed by atoms with Gasteiger partial charge in [0.2, 0.25) is 5.60 Å². The minimum Gasteiger partial charge on any atom is -0.513 e. The lowest BCUT2D eigenvalue weighted by atomic mass is 9.99. The predicted molar refractivity (Wildman–Crippen MR) is 181 cm³/mol. The van der Waals surface area contributed by atoms with Crippen LogP contribution in [0, 0.1) is 0 Å². The van der Waals surface area contributed by atoms with Crippen LogP contribution in [0.1, 0.15) is 45.0 Å². The Morgan fingerprint density at radius 1 is 1.10 bits per heavy atom. The van der Waals surface area contributed by atoms with Gasteiger partial charge in [0.15, 0.2) is 11.0 Å². The number of aliphatic hydroxyl groups excluding tert-OH is 1. The minimum absolute atomic E-state index is 0.0114. The van der Waals surface area contributed by atoms with Gasteiger partial charge in [0.05, 0.1) is 53.5 Å². The second-order valence-corrected chi connectivity index (χ2v) is 13.2. The molecule has 1 unspecified atom stereocenters. The Morgan fingerprint density at radius 3 is 2.52 bits per heavy atom. The highest BCUT2D eigenvalue weighted by molar-refractivity contribution is 7.22. The predicted octanol–water partition coefficient (Wildman–Crippen LogP) is 5.19. The van der Waals surface area contributed by atoms with E-state index in [-0.39, 0.29) is 50.1 Å². The zero-order valence-corrected chi connectivity index (χ0v) is 28.0. The third-order valence-corrected chi connectivity index (χ3v) is 9.06. The molecule has 13 nitrogen and oxygen atoms in total. The van der Waals surface area contributed by atoms with Crippen LogP contribution in [0.5, 0.6) is 0 Å². The Bertz CT molecular complexity index is 1800. The Kier molecular flexibility index (Phi) is 9.96. The van der Waals surface area contributed by atoms with E-state index in [1.165, 1.54) is 11.3 Å². The van der Waals surface area contributed by atoms with Crippen LogP contribution in [-0.4, -0.2) is 87.0 Å². The molecular weight excluding hydrogens is 634 g/mol. The van der Waals surface area contributed by atoms with Crippen molar-refractivity contribution in [2.45, 2.75) is 58.0 Å². The number of morpholine rings is 1. The van der Waals surface area contributed by atoms with Crippen LogP contribution >= 0.6 is 11.3 Å². The number of anilines is 1. The Morgan fingerprint density at radius 2 is 1.85 bits per heavy atom. The zero-order valence-electron chi connectivity index (χ0n) is 27.2. The van der Waals surface area contributed by atoms with Gasteiger partial charge in [-0.3, -0.25) is 20.0 Å². The van der Waals surface area contributed by atoms with Crippen molar-refractivity contribution in [2.24, 2.45) is 0 Å². The number of ether oxygens (including phenoxy) is 3. The molecule has 6 rings (SSSR count). The maximum atomic E-state index is 12.4. The van der Waals surface area contributed by atoms with Gasteiger partial charge in [0, 0.05) is 62.3 Å². The molecule has 2 aliphatic rings. The monoisotopic (exact) mass is 673 g/mol. The number of aromatic nitrogens is 4. The maximum absolute atomic E-state index is 12.4. The fraction of sp³-hybridized carbons (Fsp3) is 0.412. The lowest BCUT2D eigenvalue weighted by Crippen LogP contribution is -2.51. The number of thiazole rings is 1. The number of allylic oxidation sites excluding steroid dienone is 1. The second kappa shape index (κ2) is 14.3. The molecule has 3 N–H and O–H groups in total. The molecule has 2 atom stereocenters. The first-order valence-corrected chi connectivity index (χ1v) is 16.7. The third-order valence-electron chi connectivity index (χ3n) is 8.04. The summed E-state index contributed by atoms with van der Waals surface area (Å²) >= 11 is 1.38. The van der Waals surface area contributed by atoms with Crippen molar-refractivity contribution in [2.75, 3.05) is 38.2 Å². The van der Waals surface area contributed by atoms with Crippen LogP contribution in [0.2, 0.25) is 0 Å². The van der Waals surface area contributed by atoms with Gasteiger partial charge in [0.1, 0.15) is 0 Å². The Balaban J connectivity index is 1.32. The standard InChI is InChI=1S/C34H39N7O6S/c1-5-35-32(44)40-33-39-28-12-24(25-13-37-31(38-14-25)34(18-45-19-34)47-29(43)7-6-20(2)42)11-26(30(28)48-33)27-10-23(8-9-36-27)17-41-15-21(3)46-22(4)16-41/h8-14,21-22,42H,2,5-7,15-19H2,1,3-4H3,(H2,35,39,40,44)/t21-,22?/m1/s1. The maximum Gasteiger partial charge on any atom is 0.321 e. The number of aliphatic hydroxyl groups is 1. The van der Waals surface area contributed by atoms with E-state index in [4.69, 9.17) is 24.2 Å². The van der Waals surface area contributed by atoms with Gasteiger partial charge in [0.25, 0.3) is 0 Å². The molecule has 2 fully saturated rings. The molecule has 0 saturated carbocycles. The summed E-state index contributed by atoms with van der Waals surface area (Å²) in [5.74, 6) is -0.249. The number of benzene rings is 1. The second-order valence-electron chi connectivity index (χ2n) is 12.2. The smallest absolute Gasteiger partial charge is 0.321 e. The summed E-state index contributed by atoms with van der Waals surface area (Å²) in [4.78, 5) is 45.8. The number of urea groups is 1. The molecule has 4 aromatic rings. The number of carbonyl (C=O) groups excluding carboxylic acids is 2. The van der Waals surface area contributed by atoms with E-state index in [1.807, 2.05) is 31.3 Å². The van der Waals surface area contributed by atoms with E-state index < -0.39 is 11.6 Å². The Hall–Kier alpha value is -4.50. The van der Waals surface area contributed by atoms with Gasteiger partial charge in [-0.1, -0.05) is 17.9 Å². The quantitative estimate of drug-likeness (QED) is 0.142. The highest BCUT2D eigenvalue weighted by Crippen LogP contribution is 2.39. The van der Waals surface area contributed by atoms with Crippen LogP contribution < -0.4 is 10.6 Å². The number of rotatable bonds is 11. The molecule has 2 saturated heterocycles. The van der Waals surface area contributed by atoms with Gasteiger partial charge in [-0.15, -0.1) is 0 Å². The molecule has 2 amide bonds. The summed E-state index contributed by atoms with van der Waals surface area (Å²) in [6.45, 7) is 12.7. The molecule has 14 heteroatoms. The number of fused-ring (bicyclic) bond motifs is 1. The van der Waals surface area contributed by atoms with E-state index >= 15 is 0 Å². The molecule has 48 heavy (non-hydrogen) atoms. The van der Waals surface area contributed by atoms with Crippen LogP contribution in [0.15, 0.2) is 55.2 Å². The molecule has 0 bridgehead atoms. The summed E-state index contributed by atoms with van der Waals surface area (Å²) in [7, 11) is 0. The van der Waals surface area contributed by atoms with Crippen LogP contribution in [0.25, 0.3) is 32.6 Å². The normalized spacial score (nSPS) is 19.0. The van der Waals surface area contributed by atoms with Crippen LogP contribution in [0.4, 0.5) is 9.93 Å². The SMILES string of the molecule is C=C(O)CCC(=O)OC1(c2ncc(-c3cc(-c4cc(CN5CC(C)O[C@H](C)C5)ccn4)c4sc(NC(=O)NCC)nc4c3)cn2)COC1. The van der Waals surface area contributed by atoms with E-state index in [1.54, 1.807) is 12.4 Å². The summed E-state index contributed by atoms with van der Waals surface area (Å²) in [5, 5.41) is 15.4. The number of hydrogen-bond acceptors (Lipinski definition) is 12. The number of nitrogens with zero attached hydrogens (tertiary/aromatic N) is 5. The summed E-state index contributed by atoms with van der Waals surface area (Å²) in [6, 6.07) is 7.77. The van der Waals surface area contributed by atoms with E-state index in [9.17, 15) is 14.7 Å². The highest BCUT2D eigenvalue weighted by atomic mass is 32.1. The van der Waals surface area contributed by atoms with E-state index in [0.29, 0.717) is 23.0 Å². The summed E-state index contributed by atoms with van der Waals surface area (Å²) in [5.41, 5.74) is 3.90. The molecule has 252 valence electrons. The molecule has 0 radical (unpaired) electrons.